The Morgan fingerprint density at radius 2 is 1.93 bits per heavy atom. The van der Waals surface area contributed by atoms with Gasteiger partial charge in [-0.05, 0) is 37.7 Å². The predicted molar refractivity (Wildman–Crippen MR) is 73.3 cm³/mol. The Kier molecular flexibility index (Phi) is 10.7. The largest absolute Gasteiger partial charge is 0.162 e. The highest BCUT2D eigenvalue weighted by Gasteiger charge is 2.06. The smallest absolute Gasteiger partial charge is 0.00579 e. The highest BCUT2D eigenvalue weighted by atomic mass is 32.2. The summed E-state index contributed by atoms with van der Waals surface area (Å²) in [5, 5.41) is 1.37. The molecule has 0 aromatic heterocycles. The molecule has 0 nitrogen and oxygen atoms in total. The summed E-state index contributed by atoms with van der Waals surface area (Å²) in [6, 6.07) is 0. The molecular weight excluding hydrogens is 208 g/mol. The van der Waals surface area contributed by atoms with E-state index in [-0.39, 0.29) is 0 Å². The summed E-state index contributed by atoms with van der Waals surface area (Å²) < 4.78 is 0. The molecule has 0 saturated heterocycles. The fourth-order valence-corrected chi connectivity index (χ4v) is 3.46. The van der Waals surface area contributed by atoms with Crippen molar-refractivity contribution in [1.82, 2.24) is 0 Å². The number of hydrogen-bond donors (Lipinski definition) is 0. The van der Waals surface area contributed by atoms with Crippen LogP contribution in [0, 0.1) is 6.92 Å². The average Bonchev–Trinajstić information content (AvgIpc) is 2.17. The Morgan fingerprint density at radius 1 is 1.21 bits per heavy atom. The van der Waals surface area contributed by atoms with Crippen LogP contribution in [-0.4, -0.2) is 22.0 Å². The van der Waals surface area contributed by atoms with Crippen LogP contribution in [0.2, 0.25) is 0 Å². The molecule has 0 fully saturated rings. The lowest BCUT2D eigenvalue weighted by Crippen LogP contribution is -2.05. The van der Waals surface area contributed by atoms with E-state index in [0.717, 1.165) is 5.25 Å². The van der Waals surface area contributed by atoms with Crippen LogP contribution in [0.5, 0.6) is 0 Å². The van der Waals surface area contributed by atoms with Crippen LogP contribution in [0.25, 0.3) is 0 Å². The van der Waals surface area contributed by atoms with Crippen molar-refractivity contribution in [2.45, 2.75) is 57.0 Å². The van der Waals surface area contributed by atoms with Crippen molar-refractivity contribution in [2.75, 3.05) is 11.5 Å². The second-order valence-corrected chi connectivity index (χ2v) is 6.70. The Morgan fingerprint density at radius 3 is 2.50 bits per heavy atom. The molecule has 14 heavy (non-hydrogen) atoms. The van der Waals surface area contributed by atoms with E-state index in [2.05, 4.69) is 39.5 Å². The van der Waals surface area contributed by atoms with E-state index in [1.54, 1.807) is 0 Å². The third kappa shape index (κ3) is 9.26. The molecule has 0 spiro atoms. The zero-order valence-electron chi connectivity index (χ0n) is 9.92. The van der Waals surface area contributed by atoms with E-state index in [4.69, 9.17) is 0 Å². The first kappa shape index (κ1) is 14.7. The van der Waals surface area contributed by atoms with Gasteiger partial charge >= 0.3 is 0 Å². The normalized spacial score (nSPS) is 15.4. The molecule has 0 heterocycles. The van der Waals surface area contributed by atoms with Crippen molar-refractivity contribution < 1.29 is 0 Å². The van der Waals surface area contributed by atoms with Crippen LogP contribution in [0.4, 0.5) is 0 Å². The second kappa shape index (κ2) is 10.2. The fraction of sp³-hybridized carbons (Fsp3) is 0.917. The van der Waals surface area contributed by atoms with Gasteiger partial charge in [-0.2, -0.15) is 23.5 Å². The molecule has 0 bridgehead atoms. The molecule has 0 amide bonds. The summed E-state index contributed by atoms with van der Waals surface area (Å²) >= 11 is 4.13. The van der Waals surface area contributed by atoms with Crippen molar-refractivity contribution >= 4 is 23.5 Å². The van der Waals surface area contributed by atoms with Gasteiger partial charge in [0.1, 0.15) is 0 Å². The van der Waals surface area contributed by atoms with Gasteiger partial charge in [0.05, 0.1) is 0 Å². The highest BCUT2D eigenvalue weighted by Crippen LogP contribution is 2.23. The van der Waals surface area contributed by atoms with Gasteiger partial charge in [0.2, 0.25) is 0 Å². The minimum Gasteiger partial charge on any atom is -0.162 e. The first-order valence-electron chi connectivity index (χ1n) is 5.77. The Hall–Kier alpha value is 0.700. The maximum atomic E-state index is 4.19. The Labute approximate surface area is 99.0 Å². The molecule has 1 radical (unpaired) electrons. The van der Waals surface area contributed by atoms with E-state index in [1.807, 2.05) is 11.8 Å². The number of hydrogen-bond acceptors (Lipinski definition) is 2. The van der Waals surface area contributed by atoms with Crippen LogP contribution in [0.15, 0.2) is 0 Å². The molecule has 0 aliphatic carbocycles. The van der Waals surface area contributed by atoms with Gasteiger partial charge in [-0.15, -0.1) is 0 Å². The monoisotopic (exact) mass is 233 g/mol. The standard InChI is InChI=1S/C12H25S2/c1-5-7-9-13-10-8-12(4)14-11(3)6-2/h11-12H,4-10H2,1-3H3. The maximum Gasteiger partial charge on any atom is 0.00579 e. The lowest BCUT2D eigenvalue weighted by molar-refractivity contribution is 0.882. The molecule has 85 valence electrons. The highest BCUT2D eigenvalue weighted by molar-refractivity contribution is 8.01. The zero-order valence-corrected chi connectivity index (χ0v) is 11.6. The molecule has 0 rings (SSSR count). The van der Waals surface area contributed by atoms with E-state index in [0.29, 0.717) is 5.25 Å². The topological polar surface area (TPSA) is 0 Å². The van der Waals surface area contributed by atoms with E-state index >= 15 is 0 Å². The second-order valence-electron chi connectivity index (χ2n) is 3.73. The summed E-state index contributed by atoms with van der Waals surface area (Å²) in [6.07, 6.45) is 5.22. The molecule has 0 saturated carbocycles. The molecule has 2 heteroatoms. The van der Waals surface area contributed by atoms with E-state index < -0.39 is 0 Å². The van der Waals surface area contributed by atoms with Crippen LogP contribution in [0.3, 0.4) is 0 Å². The van der Waals surface area contributed by atoms with Crippen molar-refractivity contribution in [3.8, 4) is 0 Å². The van der Waals surface area contributed by atoms with Crippen molar-refractivity contribution in [3.05, 3.63) is 6.92 Å². The molecule has 2 unspecified atom stereocenters. The summed E-state index contributed by atoms with van der Waals surface area (Å²) in [5.41, 5.74) is 0. The predicted octanol–water partition coefficient (Wildman–Crippen LogP) is 4.64. The maximum absolute atomic E-state index is 4.19. The summed E-state index contributed by atoms with van der Waals surface area (Å²) in [6.45, 7) is 11.0. The summed E-state index contributed by atoms with van der Waals surface area (Å²) in [7, 11) is 0. The van der Waals surface area contributed by atoms with Crippen LogP contribution in [0.1, 0.15) is 46.5 Å². The third-order valence-corrected chi connectivity index (χ3v) is 4.75. The van der Waals surface area contributed by atoms with Gasteiger partial charge in [0.25, 0.3) is 0 Å². The Balaban J connectivity index is 3.22. The van der Waals surface area contributed by atoms with Gasteiger partial charge in [-0.1, -0.05) is 27.2 Å². The molecule has 0 aromatic rings. The van der Waals surface area contributed by atoms with Crippen molar-refractivity contribution in [2.24, 2.45) is 0 Å². The van der Waals surface area contributed by atoms with Crippen LogP contribution >= 0.6 is 23.5 Å². The fourth-order valence-electron chi connectivity index (χ4n) is 1.06. The van der Waals surface area contributed by atoms with E-state index in [1.165, 1.54) is 37.2 Å². The minimum absolute atomic E-state index is 0.596. The van der Waals surface area contributed by atoms with Gasteiger partial charge in [0, 0.05) is 10.5 Å². The van der Waals surface area contributed by atoms with Crippen LogP contribution < -0.4 is 0 Å². The minimum atomic E-state index is 0.596. The SMILES string of the molecule is [CH2]C(CCSCCCC)SC(C)CC. The van der Waals surface area contributed by atoms with Crippen molar-refractivity contribution in [3.63, 3.8) is 0 Å². The first-order chi connectivity index (χ1) is 6.70. The number of rotatable bonds is 9. The quantitative estimate of drug-likeness (QED) is 0.532. The van der Waals surface area contributed by atoms with Gasteiger partial charge in [-0.25, -0.2) is 0 Å². The third-order valence-electron chi connectivity index (χ3n) is 2.23. The summed E-state index contributed by atoms with van der Waals surface area (Å²) in [5.74, 6) is 2.62. The lowest BCUT2D eigenvalue weighted by atomic mass is 10.4. The van der Waals surface area contributed by atoms with Gasteiger partial charge in [0.15, 0.2) is 0 Å². The lowest BCUT2D eigenvalue weighted by Gasteiger charge is -2.15. The molecule has 0 aromatic carbocycles. The number of thioether (sulfide) groups is 2. The van der Waals surface area contributed by atoms with Gasteiger partial charge in [-0.3, -0.25) is 0 Å². The van der Waals surface area contributed by atoms with E-state index in [9.17, 15) is 0 Å². The van der Waals surface area contributed by atoms with Crippen LogP contribution in [-0.2, 0) is 0 Å². The molecule has 2 atom stereocenters. The molecule has 0 aliphatic heterocycles. The average molecular weight is 233 g/mol. The van der Waals surface area contributed by atoms with Gasteiger partial charge < -0.3 is 0 Å². The van der Waals surface area contributed by atoms with Crippen molar-refractivity contribution in [1.29, 1.82) is 0 Å². The zero-order chi connectivity index (χ0) is 10.8. The number of unbranched alkanes of at least 4 members (excludes halogenated alkanes) is 1. The molecular formula is C12H25S2. The molecule has 0 aliphatic rings. The first-order valence-corrected chi connectivity index (χ1v) is 7.86. The summed E-state index contributed by atoms with van der Waals surface area (Å²) in [4.78, 5) is 0. The molecule has 0 N–H and O–H groups in total. The Bertz CT molecular complexity index is 115.